The summed E-state index contributed by atoms with van der Waals surface area (Å²) in [6.45, 7) is 5.98. The van der Waals surface area contributed by atoms with Gasteiger partial charge >= 0.3 is 0 Å². The predicted octanol–water partition coefficient (Wildman–Crippen LogP) is 0.0776. The molecular weight excluding hydrogens is 230 g/mol. The molecule has 0 atom stereocenters. The predicted molar refractivity (Wildman–Crippen MR) is 69.5 cm³/mol. The number of anilines is 1. The van der Waals surface area contributed by atoms with Crippen molar-refractivity contribution in [3.05, 3.63) is 23.9 Å². The topological polar surface area (TPSA) is 83.3 Å². The normalized spacial score (nSPS) is 19.4. The van der Waals surface area contributed by atoms with Crippen molar-refractivity contribution in [2.24, 2.45) is 5.84 Å². The van der Waals surface area contributed by atoms with E-state index in [1.165, 1.54) is 0 Å². The maximum Gasteiger partial charge on any atom is 0.240 e. The van der Waals surface area contributed by atoms with Crippen LogP contribution in [0, 0.1) is 0 Å². The zero-order valence-corrected chi connectivity index (χ0v) is 10.7. The molecule has 0 spiro atoms. The van der Waals surface area contributed by atoms with Gasteiger partial charge in [0.1, 0.15) is 5.82 Å². The number of hydrogen-bond acceptors (Lipinski definition) is 5. The fourth-order valence-electron chi connectivity index (χ4n) is 2.06. The number of rotatable bonds is 3. The molecule has 1 saturated heterocycles. The van der Waals surface area contributed by atoms with Gasteiger partial charge in [-0.25, -0.2) is 10.8 Å². The number of hydrazine groups is 1. The lowest BCUT2D eigenvalue weighted by Gasteiger charge is -2.40. The molecule has 1 aliphatic heterocycles. The SMILES string of the molecule is CC1(C)C(=O)NCCN1Cc1cccc(NN)n1. The van der Waals surface area contributed by atoms with Crippen LogP contribution in [0.3, 0.4) is 0 Å². The van der Waals surface area contributed by atoms with Gasteiger partial charge in [-0.2, -0.15) is 0 Å². The van der Waals surface area contributed by atoms with Gasteiger partial charge < -0.3 is 10.7 Å². The maximum atomic E-state index is 11.8. The molecule has 2 heterocycles. The summed E-state index contributed by atoms with van der Waals surface area (Å²) in [6, 6.07) is 5.63. The monoisotopic (exact) mass is 249 g/mol. The molecule has 0 saturated carbocycles. The maximum absolute atomic E-state index is 11.8. The lowest BCUT2D eigenvalue weighted by molar-refractivity contribution is -0.135. The van der Waals surface area contributed by atoms with Crippen LogP contribution in [0.2, 0.25) is 0 Å². The summed E-state index contributed by atoms with van der Waals surface area (Å²) in [4.78, 5) is 18.3. The van der Waals surface area contributed by atoms with Crippen molar-refractivity contribution < 1.29 is 4.79 Å². The number of nitrogens with two attached hydrogens (primary N) is 1. The van der Waals surface area contributed by atoms with Crippen molar-refractivity contribution in [3.63, 3.8) is 0 Å². The first-order valence-electron chi connectivity index (χ1n) is 6.00. The molecule has 18 heavy (non-hydrogen) atoms. The number of aromatic nitrogens is 1. The number of carbonyl (C=O) groups excluding carboxylic acids is 1. The van der Waals surface area contributed by atoms with Crippen LogP contribution >= 0.6 is 0 Å². The smallest absolute Gasteiger partial charge is 0.240 e. The van der Waals surface area contributed by atoms with E-state index < -0.39 is 5.54 Å². The van der Waals surface area contributed by atoms with Gasteiger partial charge in [0.05, 0.1) is 11.2 Å². The van der Waals surface area contributed by atoms with Gasteiger partial charge in [0, 0.05) is 19.6 Å². The highest BCUT2D eigenvalue weighted by Crippen LogP contribution is 2.20. The van der Waals surface area contributed by atoms with Crippen LogP contribution in [0.5, 0.6) is 0 Å². The van der Waals surface area contributed by atoms with E-state index in [0.29, 0.717) is 18.9 Å². The summed E-state index contributed by atoms with van der Waals surface area (Å²) in [5.74, 6) is 6.03. The first-order chi connectivity index (χ1) is 8.54. The fourth-order valence-corrected chi connectivity index (χ4v) is 2.06. The Kier molecular flexibility index (Phi) is 3.49. The molecule has 98 valence electrons. The molecule has 0 unspecified atom stereocenters. The average molecular weight is 249 g/mol. The van der Waals surface area contributed by atoms with Crippen LogP contribution in [0.25, 0.3) is 0 Å². The summed E-state index contributed by atoms with van der Waals surface area (Å²) < 4.78 is 0. The average Bonchev–Trinajstić information content (AvgIpc) is 2.36. The Morgan fingerprint density at radius 1 is 1.56 bits per heavy atom. The van der Waals surface area contributed by atoms with Crippen LogP contribution in [0.4, 0.5) is 5.82 Å². The molecule has 1 amide bonds. The molecule has 1 fully saturated rings. The molecule has 1 aliphatic rings. The number of piperazine rings is 1. The Bertz CT molecular complexity index is 446. The third-order valence-electron chi connectivity index (χ3n) is 3.32. The minimum atomic E-state index is -0.508. The second-order valence-electron chi connectivity index (χ2n) is 4.89. The Balaban J connectivity index is 2.14. The van der Waals surface area contributed by atoms with Crippen molar-refractivity contribution in [1.82, 2.24) is 15.2 Å². The van der Waals surface area contributed by atoms with E-state index in [2.05, 4.69) is 20.6 Å². The van der Waals surface area contributed by atoms with Crippen molar-refractivity contribution in [3.8, 4) is 0 Å². The van der Waals surface area contributed by atoms with Gasteiger partial charge in [-0.3, -0.25) is 9.69 Å². The quantitative estimate of drug-likeness (QED) is 0.522. The molecule has 2 rings (SSSR count). The van der Waals surface area contributed by atoms with E-state index in [4.69, 9.17) is 5.84 Å². The van der Waals surface area contributed by atoms with Crippen molar-refractivity contribution in [2.45, 2.75) is 25.9 Å². The van der Waals surface area contributed by atoms with Gasteiger partial charge in [-0.15, -0.1) is 0 Å². The van der Waals surface area contributed by atoms with Crippen molar-refractivity contribution in [2.75, 3.05) is 18.5 Å². The Morgan fingerprint density at radius 2 is 2.33 bits per heavy atom. The molecule has 6 heteroatoms. The van der Waals surface area contributed by atoms with Gasteiger partial charge in [-0.1, -0.05) is 6.07 Å². The van der Waals surface area contributed by atoms with Gasteiger partial charge in [0.25, 0.3) is 0 Å². The summed E-state index contributed by atoms with van der Waals surface area (Å²) in [5, 5.41) is 2.88. The molecule has 0 aromatic carbocycles. The number of nitrogen functional groups attached to an aromatic ring is 1. The van der Waals surface area contributed by atoms with Gasteiger partial charge in [0.2, 0.25) is 5.91 Å². The van der Waals surface area contributed by atoms with E-state index in [9.17, 15) is 4.79 Å². The summed E-state index contributed by atoms with van der Waals surface area (Å²) in [7, 11) is 0. The zero-order valence-electron chi connectivity index (χ0n) is 10.7. The highest BCUT2D eigenvalue weighted by molar-refractivity contribution is 5.86. The van der Waals surface area contributed by atoms with Gasteiger partial charge in [-0.05, 0) is 26.0 Å². The summed E-state index contributed by atoms with van der Waals surface area (Å²) in [6.07, 6.45) is 0. The third-order valence-corrected chi connectivity index (χ3v) is 3.32. The standard InChI is InChI=1S/C12H19N5O/c1-12(2)11(18)14-6-7-17(12)8-9-4-3-5-10(15-9)16-13/h3-5H,6-8,13H2,1-2H3,(H,14,18)(H,15,16). The molecule has 1 aromatic rings. The minimum Gasteiger partial charge on any atom is -0.353 e. The second kappa shape index (κ2) is 4.91. The Labute approximate surface area is 107 Å². The molecule has 1 aromatic heterocycles. The first-order valence-corrected chi connectivity index (χ1v) is 6.00. The van der Waals surface area contributed by atoms with E-state index in [0.717, 1.165) is 12.2 Å². The van der Waals surface area contributed by atoms with Crippen molar-refractivity contribution in [1.29, 1.82) is 0 Å². The van der Waals surface area contributed by atoms with Crippen LogP contribution in [-0.2, 0) is 11.3 Å². The number of nitrogens with one attached hydrogen (secondary N) is 2. The van der Waals surface area contributed by atoms with Crippen LogP contribution in [0.1, 0.15) is 19.5 Å². The molecule has 4 N–H and O–H groups in total. The zero-order chi connectivity index (χ0) is 13.2. The number of carbonyl (C=O) groups is 1. The minimum absolute atomic E-state index is 0.0573. The first kappa shape index (κ1) is 12.8. The van der Waals surface area contributed by atoms with Crippen LogP contribution in [0.15, 0.2) is 18.2 Å². The number of amides is 1. The fraction of sp³-hybridized carbons (Fsp3) is 0.500. The molecule has 6 nitrogen and oxygen atoms in total. The van der Waals surface area contributed by atoms with Gasteiger partial charge in [0.15, 0.2) is 0 Å². The van der Waals surface area contributed by atoms with E-state index >= 15 is 0 Å². The van der Waals surface area contributed by atoms with E-state index in [1.54, 1.807) is 6.07 Å². The van der Waals surface area contributed by atoms with E-state index in [-0.39, 0.29) is 5.91 Å². The van der Waals surface area contributed by atoms with E-state index in [1.807, 2.05) is 26.0 Å². The third kappa shape index (κ3) is 2.44. The van der Waals surface area contributed by atoms with Crippen molar-refractivity contribution >= 4 is 11.7 Å². The Morgan fingerprint density at radius 3 is 3.06 bits per heavy atom. The lowest BCUT2D eigenvalue weighted by atomic mass is 9.98. The number of hydrogen-bond donors (Lipinski definition) is 3. The number of pyridine rings is 1. The molecular formula is C12H19N5O. The van der Waals surface area contributed by atoms with Crippen LogP contribution < -0.4 is 16.6 Å². The summed E-state index contributed by atoms with van der Waals surface area (Å²) >= 11 is 0. The molecule has 0 radical (unpaired) electrons. The Hall–Kier alpha value is -1.66. The highest BCUT2D eigenvalue weighted by atomic mass is 16.2. The summed E-state index contributed by atoms with van der Waals surface area (Å²) in [5.41, 5.74) is 2.91. The lowest BCUT2D eigenvalue weighted by Crippen LogP contribution is -2.61. The largest absolute Gasteiger partial charge is 0.353 e. The second-order valence-corrected chi connectivity index (χ2v) is 4.89. The molecule has 0 aliphatic carbocycles. The molecule has 0 bridgehead atoms. The van der Waals surface area contributed by atoms with Crippen LogP contribution in [-0.4, -0.2) is 34.4 Å². The number of nitrogens with zero attached hydrogens (tertiary/aromatic N) is 2. The highest BCUT2D eigenvalue weighted by Gasteiger charge is 2.37.